The Morgan fingerprint density at radius 3 is 3.14 bits per heavy atom. The highest BCUT2D eigenvalue weighted by atomic mass is 32.1. The van der Waals surface area contributed by atoms with Crippen molar-refractivity contribution in [3.05, 3.63) is 51.5 Å². The van der Waals surface area contributed by atoms with Crippen molar-refractivity contribution in [2.75, 3.05) is 0 Å². The van der Waals surface area contributed by atoms with E-state index >= 15 is 0 Å². The Morgan fingerprint density at radius 2 is 2.36 bits per heavy atom. The molecule has 0 unspecified atom stereocenters. The predicted octanol–water partition coefficient (Wildman–Crippen LogP) is 3.42. The third kappa shape index (κ3) is 3.25. The van der Waals surface area contributed by atoms with E-state index in [1.807, 2.05) is 25.1 Å². The third-order valence-electron chi connectivity index (χ3n) is 3.96. The van der Waals surface area contributed by atoms with Crippen molar-refractivity contribution in [2.24, 2.45) is 11.0 Å². The first kappa shape index (κ1) is 14.9. The van der Waals surface area contributed by atoms with Crippen molar-refractivity contribution in [2.45, 2.75) is 33.1 Å². The van der Waals surface area contributed by atoms with E-state index in [9.17, 15) is 4.79 Å². The van der Waals surface area contributed by atoms with Gasteiger partial charge in [0, 0.05) is 22.8 Å². The van der Waals surface area contributed by atoms with Gasteiger partial charge in [0.1, 0.15) is 0 Å². The van der Waals surface area contributed by atoms with Crippen LogP contribution in [0.15, 0.2) is 35.7 Å². The summed E-state index contributed by atoms with van der Waals surface area (Å²) in [5.74, 6) is 0.583. The van der Waals surface area contributed by atoms with Crippen LogP contribution in [0.1, 0.15) is 45.9 Å². The molecule has 0 aliphatic heterocycles. The summed E-state index contributed by atoms with van der Waals surface area (Å²) >= 11 is 1.60. The number of hydrazone groups is 1. The van der Waals surface area contributed by atoms with Gasteiger partial charge in [-0.25, -0.2) is 5.43 Å². The molecular formula is C17H19N3OS. The van der Waals surface area contributed by atoms with Gasteiger partial charge in [-0.2, -0.15) is 5.10 Å². The van der Waals surface area contributed by atoms with Gasteiger partial charge in [0.15, 0.2) is 0 Å². The van der Waals surface area contributed by atoms with Crippen LogP contribution in [0.2, 0.25) is 0 Å². The monoisotopic (exact) mass is 313 g/mol. The Hall–Kier alpha value is -2.01. The number of carbonyl (C=O) groups excluding carboxylic acids is 1. The van der Waals surface area contributed by atoms with Crippen LogP contribution in [0.5, 0.6) is 0 Å². The standard InChI is InChI=1S/C17H19N3OS/c1-11-5-6-15-14(8-11)9-16(22-15)17(21)20-19-12(2)13-4-3-7-18-10-13/h3-4,7,9-11H,5-6,8H2,1-2H3,(H,20,21)/b19-12-/t11-/m1/s1. The fourth-order valence-electron chi connectivity index (χ4n) is 2.65. The van der Waals surface area contributed by atoms with Crippen molar-refractivity contribution in [3.8, 4) is 0 Å². The number of rotatable bonds is 3. The lowest BCUT2D eigenvalue weighted by Gasteiger charge is -2.16. The maximum absolute atomic E-state index is 12.3. The summed E-state index contributed by atoms with van der Waals surface area (Å²) in [5, 5.41) is 4.18. The van der Waals surface area contributed by atoms with Crippen LogP contribution in [0.4, 0.5) is 0 Å². The van der Waals surface area contributed by atoms with Crippen LogP contribution in [0.25, 0.3) is 0 Å². The first-order chi connectivity index (χ1) is 10.6. The van der Waals surface area contributed by atoms with E-state index in [0.29, 0.717) is 5.92 Å². The normalized spacial score (nSPS) is 17.9. The Balaban J connectivity index is 1.70. The zero-order chi connectivity index (χ0) is 15.5. The summed E-state index contributed by atoms with van der Waals surface area (Å²) in [6.45, 7) is 4.13. The first-order valence-corrected chi connectivity index (χ1v) is 8.31. The highest BCUT2D eigenvalue weighted by Gasteiger charge is 2.20. The smallest absolute Gasteiger partial charge is 0.266 e. The van der Waals surface area contributed by atoms with E-state index in [4.69, 9.17) is 0 Å². The highest BCUT2D eigenvalue weighted by Crippen LogP contribution is 2.32. The molecule has 3 rings (SSSR count). The quantitative estimate of drug-likeness (QED) is 0.697. The average molecular weight is 313 g/mol. The Labute approximate surface area is 134 Å². The number of hydrogen-bond acceptors (Lipinski definition) is 4. The Morgan fingerprint density at radius 1 is 1.50 bits per heavy atom. The molecule has 2 aromatic heterocycles. The molecule has 0 fully saturated rings. The van der Waals surface area contributed by atoms with Crippen LogP contribution in [-0.2, 0) is 12.8 Å². The second-order valence-corrected chi connectivity index (χ2v) is 6.92. The van der Waals surface area contributed by atoms with E-state index in [0.717, 1.165) is 29.0 Å². The molecule has 0 saturated heterocycles. The molecule has 1 atom stereocenters. The van der Waals surface area contributed by atoms with Crippen molar-refractivity contribution in [3.63, 3.8) is 0 Å². The lowest BCUT2D eigenvalue weighted by molar-refractivity contribution is 0.0959. The summed E-state index contributed by atoms with van der Waals surface area (Å²) in [6, 6.07) is 5.80. The van der Waals surface area contributed by atoms with Gasteiger partial charge in [-0.05, 0) is 49.8 Å². The van der Waals surface area contributed by atoms with Gasteiger partial charge in [0.25, 0.3) is 5.91 Å². The minimum absolute atomic E-state index is 0.129. The molecule has 0 radical (unpaired) electrons. The van der Waals surface area contributed by atoms with Gasteiger partial charge in [-0.3, -0.25) is 9.78 Å². The molecule has 1 aliphatic carbocycles. The number of amides is 1. The molecule has 4 nitrogen and oxygen atoms in total. The molecule has 1 N–H and O–H groups in total. The minimum atomic E-state index is -0.129. The molecule has 2 aromatic rings. The molecule has 114 valence electrons. The van der Waals surface area contributed by atoms with E-state index in [1.54, 1.807) is 23.7 Å². The van der Waals surface area contributed by atoms with Gasteiger partial charge in [-0.1, -0.05) is 13.0 Å². The lowest BCUT2D eigenvalue weighted by Crippen LogP contribution is -2.18. The molecule has 1 amide bonds. The summed E-state index contributed by atoms with van der Waals surface area (Å²) < 4.78 is 0. The zero-order valence-corrected chi connectivity index (χ0v) is 13.6. The Bertz CT molecular complexity index is 706. The van der Waals surface area contributed by atoms with Crippen molar-refractivity contribution >= 4 is 23.0 Å². The molecule has 1 aliphatic rings. The van der Waals surface area contributed by atoms with Gasteiger partial charge >= 0.3 is 0 Å². The maximum Gasteiger partial charge on any atom is 0.281 e. The number of fused-ring (bicyclic) bond motifs is 1. The SMILES string of the molecule is C/C(=N/NC(=O)c1cc2c(s1)CC[C@@H](C)C2)c1cccnc1. The van der Waals surface area contributed by atoms with E-state index in [2.05, 4.69) is 22.4 Å². The van der Waals surface area contributed by atoms with E-state index in [1.165, 1.54) is 16.9 Å². The van der Waals surface area contributed by atoms with Gasteiger partial charge in [0.2, 0.25) is 0 Å². The first-order valence-electron chi connectivity index (χ1n) is 7.50. The van der Waals surface area contributed by atoms with E-state index < -0.39 is 0 Å². The van der Waals surface area contributed by atoms with Crippen molar-refractivity contribution in [1.29, 1.82) is 0 Å². The number of hydrogen-bond donors (Lipinski definition) is 1. The highest BCUT2D eigenvalue weighted by molar-refractivity contribution is 7.14. The number of nitrogens with one attached hydrogen (secondary N) is 1. The fourth-order valence-corrected chi connectivity index (χ4v) is 3.75. The molecular weight excluding hydrogens is 294 g/mol. The van der Waals surface area contributed by atoms with Gasteiger partial charge < -0.3 is 0 Å². The van der Waals surface area contributed by atoms with Crippen LogP contribution >= 0.6 is 11.3 Å². The van der Waals surface area contributed by atoms with Crippen molar-refractivity contribution < 1.29 is 4.79 Å². The maximum atomic E-state index is 12.3. The minimum Gasteiger partial charge on any atom is -0.266 e. The van der Waals surface area contributed by atoms with Gasteiger partial charge in [0.05, 0.1) is 10.6 Å². The van der Waals surface area contributed by atoms with E-state index in [-0.39, 0.29) is 5.91 Å². The number of pyridine rings is 1. The fraction of sp³-hybridized carbons (Fsp3) is 0.353. The summed E-state index contributed by atoms with van der Waals surface area (Å²) in [4.78, 5) is 18.4. The number of aryl methyl sites for hydroxylation is 1. The van der Waals surface area contributed by atoms with Crippen molar-refractivity contribution in [1.82, 2.24) is 10.4 Å². The second kappa shape index (κ2) is 6.40. The zero-order valence-electron chi connectivity index (χ0n) is 12.8. The molecule has 0 spiro atoms. The summed E-state index contributed by atoms with van der Waals surface area (Å²) in [7, 11) is 0. The molecule has 0 aromatic carbocycles. The Kier molecular flexibility index (Phi) is 4.34. The largest absolute Gasteiger partial charge is 0.281 e. The molecule has 22 heavy (non-hydrogen) atoms. The molecule has 2 heterocycles. The number of thiophene rings is 1. The van der Waals surface area contributed by atoms with Crippen LogP contribution in [-0.4, -0.2) is 16.6 Å². The number of aromatic nitrogens is 1. The van der Waals surface area contributed by atoms with Crippen LogP contribution < -0.4 is 5.43 Å². The summed E-state index contributed by atoms with van der Waals surface area (Å²) in [5.41, 5.74) is 5.64. The van der Waals surface area contributed by atoms with Gasteiger partial charge in [-0.15, -0.1) is 11.3 Å². The molecule has 0 saturated carbocycles. The molecule has 0 bridgehead atoms. The number of carbonyl (C=O) groups is 1. The summed E-state index contributed by atoms with van der Waals surface area (Å²) in [6.07, 6.45) is 6.83. The molecule has 5 heteroatoms. The second-order valence-electron chi connectivity index (χ2n) is 5.79. The van der Waals surface area contributed by atoms with Crippen LogP contribution in [0.3, 0.4) is 0 Å². The topological polar surface area (TPSA) is 54.4 Å². The predicted molar refractivity (Wildman–Crippen MR) is 89.4 cm³/mol. The van der Waals surface area contributed by atoms with Crippen LogP contribution in [0, 0.1) is 5.92 Å². The average Bonchev–Trinajstić information content (AvgIpc) is 2.96. The number of nitrogens with zero attached hydrogens (tertiary/aromatic N) is 2. The third-order valence-corrected chi connectivity index (χ3v) is 5.19. The lowest BCUT2D eigenvalue weighted by atomic mass is 9.90.